The summed E-state index contributed by atoms with van der Waals surface area (Å²) in [5, 5.41) is 18.7. The number of morpholine rings is 1. The first-order chi connectivity index (χ1) is 17.3. The lowest BCUT2D eigenvalue weighted by molar-refractivity contribution is 0.0212. The first kappa shape index (κ1) is 27.7. The van der Waals surface area contributed by atoms with Crippen molar-refractivity contribution in [3.63, 3.8) is 0 Å². The third-order valence-electron chi connectivity index (χ3n) is 5.88. The number of hydrogen-bond donors (Lipinski definition) is 3. The third-order valence-corrected chi connectivity index (χ3v) is 6.28. The van der Waals surface area contributed by atoms with Crippen LogP contribution in [0.5, 0.6) is 0 Å². The molecule has 0 amide bonds. The third kappa shape index (κ3) is 8.08. The molecule has 0 spiro atoms. The van der Waals surface area contributed by atoms with Crippen LogP contribution in [0.1, 0.15) is 43.2 Å². The van der Waals surface area contributed by atoms with Gasteiger partial charge in [0.05, 0.1) is 24.0 Å². The molecule has 1 aliphatic heterocycles. The van der Waals surface area contributed by atoms with Crippen LogP contribution in [0.25, 0.3) is 0 Å². The van der Waals surface area contributed by atoms with Crippen LogP contribution in [0.3, 0.4) is 0 Å². The number of oxime groups is 1. The summed E-state index contributed by atoms with van der Waals surface area (Å²) < 4.78 is 5.38. The molecule has 1 aromatic heterocycles. The zero-order valence-electron chi connectivity index (χ0n) is 22.1. The van der Waals surface area contributed by atoms with Gasteiger partial charge in [-0.05, 0) is 64.8 Å². The van der Waals surface area contributed by atoms with Crippen molar-refractivity contribution in [1.29, 1.82) is 0 Å². The quantitative estimate of drug-likeness (QED) is 0.181. The van der Waals surface area contributed by atoms with Gasteiger partial charge in [0.2, 0.25) is 0 Å². The van der Waals surface area contributed by atoms with Crippen molar-refractivity contribution in [3.05, 3.63) is 51.7 Å². The Morgan fingerprint density at radius 3 is 2.67 bits per heavy atom. The van der Waals surface area contributed by atoms with Gasteiger partial charge in [0, 0.05) is 42.6 Å². The van der Waals surface area contributed by atoms with Crippen LogP contribution in [0.4, 0.5) is 11.5 Å². The molecule has 1 aromatic carbocycles. The molecule has 1 unspecified atom stereocenters. The van der Waals surface area contributed by atoms with Gasteiger partial charge < -0.3 is 20.2 Å². The van der Waals surface area contributed by atoms with Crippen molar-refractivity contribution in [1.82, 2.24) is 15.1 Å². The summed E-state index contributed by atoms with van der Waals surface area (Å²) in [6, 6.07) is 6.14. The number of halogens is 1. The molecule has 3 rings (SSSR count). The Morgan fingerprint density at radius 2 is 2.00 bits per heavy atom. The molecule has 1 saturated heterocycles. The molecule has 1 fully saturated rings. The monoisotopic (exact) mass is 515 g/mol. The van der Waals surface area contributed by atoms with Crippen molar-refractivity contribution in [2.75, 3.05) is 50.1 Å². The standard InChI is InChI=1S/C26H38ClN7O2/c1-7-23(27)26(30-25-16-19(4)31-32-25)29-21(6)28-24-15-17(2)22(14-18(24)3)20(5)33-36-13-10-34-8-11-35-12-9-34/h7,14-16,21,28H,8-13H2,1-6H3,(H2,29,30,31,32)/b23-7+,33-20+. The number of benzene rings is 1. The van der Waals surface area contributed by atoms with Crippen LogP contribution in [0.15, 0.2) is 39.5 Å². The fraction of sp³-hybridized carbons (Fsp3) is 0.500. The summed E-state index contributed by atoms with van der Waals surface area (Å²) in [6.45, 7) is 16.8. The zero-order chi connectivity index (χ0) is 26.1. The topological polar surface area (TPSA) is 99.2 Å². The summed E-state index contributed by atoms with van der Waals surface area (Å²) in [5.74, 6) is 1.21. The molecule has 0 radical (unpaired) electrons. The minimum absolute atomic E-state index is 0.233. The van der Waals surface area contributed by atoms with Gasteiger partial charge in [0.25, 0.3) is 0 Å². The Kier molecular flexibility index (Phi) is 10.3. The average molecular weight is 516 g/mol. The molecule has 0 saturated carbocycles. The normalized spacial score (nSPS) is 16.7. The number of nitrogens with zero attached hydrogens (tertiary/aromatic N) is 4. The number of aryl methyl sites for hydroxylation is 3. The second kappa shape index (κ2) is 13.4. The van der Waals surface area contributed by atoms with E-state index in [0.717, 1.165) is 66.6 Å². The molecule has 1 aliphatic rings. The molecule has 3 N–H and O–H groups in total. The van der Waals surface area contributed by atoms with Gasteiger partial charge in [-0.25, -0.2) is 4.99 Å². The van der Waals surface area contributed by atoms with E-state index < -0.39 is 0 Å². The number of hydrogen-bond acceptors (Lipinski definition) is 7. The molecule has 196 valence electrons. The molecule has 36 heavy (non-hydrogen) atoms. The van der Waals surface area contributed by atoms with E-state index in [4.69, 9.17) is 26.2 Å². The second-order valence-corrected chi connectivity index (χ2v) is 9.35. The van der Waals surface area contributed by atoms with Gasteiger partial charge in [0.1, 0.15) is 18.6 Å². The van der Waals surface area contributed by atoms with Gasteiger partial charge >= 0.3 is 0 Å². The summed E-state index contributed by atoms with van der Waals surface area (Å²) in [4.78, 5) is 12.7. The number of nitrogens with one attached hydrogen (secondary N) is 3. The number of amidine groups is 1. The highest BCUT2D eigenvalue weighted by atomic mass is 35.5. The predicted octanol–water partition coefficient (Wildman–Crippen LogP) is 4.82. The number of anilines is 2. The van der Waals surface area contributed by atoms with E-state index in [9.17, 15) is 0 Å². The van der Waals surface area contributed by atoms with E-state index in [-0.39, 0.29) is 6.17 Å². The highest BCUT2D eigenvalue weighted by molar-refractivity contribution is 6.44. The fourth-order valence-corrected chi connectivity index (χ4v) is 3.99. The minimum Gasteiger partial charge on any atom is -0.394 e. The van der Waals surface area contributed by atoms with Gasteiger partial charge in [-0.15, -0.1) is 0 Å². The van der Waals surface area contributed by atoms with Crippen LogP contribution in [-0.4, -0.2) is 72.3 Å². The van der Waals surface area contributed by atoms with Crippen LogP contribution < -0.4 is 10.6 Å². The predicted molar refractivity (Wildman–Crippen MR) is 148 cm³/mol. The highest BCUT2D eigenvalue weighted by Crippen LogP contribution is 2.23. The van der Waals surface area contributed by atoms with E-state index in [1.165, 1.54) is 0 Å². The van der Waals surface area contributed by atoms with Crippen LogP contribution >= 0.6 is 11.6 Å². The van der Waals surface area contributed by atoms with E-state index in [0.29, 0.717) is 23.3 Å². The fourth-order valence-electron chi connectivity index (χ4n) is 3.89. The SMILES string of the molecule is C/C=C(Cl)\C(=N/C(C)Nc1cc(C)c(/C(C)=N/OCCN2CCOCC2)cc1C)Nc1cc(C)[nH]n1. The Hall–Kier alpha value is -2.88. The molecule has 0 aliphatic carbocycles. The molecule has 2 aromatic rings. The number of rotatable bonds is 10. The lowest BCUT2D eigenvalue weighted by Gasteiger charge is -2.25. The Morgan fingerprint density at radius 1 is 1.25 bits per heavy atom. The highest BCUT2D eigenvalue weighted by Gasteiger charge is 2.13. The maximum absolute atomic E-state index is 6.41. The number of H-pyrrole nitrogens is 1. The molecular formula is C26H38ClN7O2. The van der Waals surface area contributed by atoms with Crippen molar-refractivity contribution in [2.45, 2.75) is 47.7 Å². The molecule has 1 atom stereocenters. The average Bonchev–Trinajstić information content (AvgIpc) is 3.27. The van der Waals surface area contributed by atoms with Crippen LogP contribution in [0.2, 0.25) is 0 Å². The summed E-state index contributed by atoms with van der Waals surface area (Å²) in [5.41, 5.74) is 6.07. The van der Waals surface area contributed by atoms with Crippen LogP contribution in [0, 0.1) is 20.8 Å². The van der Waals surface area contributed by atoms with E-state index in [1.54, 1.807) is 6.08 Å². The van der Waals surface area contributed by atoms with Crippen molar-refractivity contribution in [3.8, 4) is 0 Å². The summed E-state index contributed by atoms with van der Waals surface area (Å²) >= 11 is 6.41. The molecule has 0 bridgehead atoms. The van der Waals surface area contributed by atoms with E-state index in [1.807, 2.05) is 33.8 Å². The van der Waals surface area contributed by atoms with Crippen molar-refractivity contribution in [2.24, 2.45) is 10.1 Å². The number of ether oxygens (including phenoxy) is 1. The smallest absolute Gasteiger partial charge is 0.153 e. The maximum Gasteiger partial charge on any atom is 0.153 e. The van der Waals surface area contributed by atoms with Crippen molar-refractivity contribution < 1.29 is 9.57 Å². The Balaban J connectivity index is 1.64. The van der Waals surface area contributed by atoms with Gasteiger partial charge in [-0.1, -0.05) is 22.8 Å². The Bertz CT molecular complexity index is 1100. The van der Waals surface area contributed by atoms with E-state index in [2.05, 4.69) is 56.9 Å². The lowest BCUT2D eigenvalue weighted by Crippen LogP contribution is -2.38. The zero-order valence-corrected chi connectivity index (χ0v) is 22.9. The number of aromatic nitrogens is 2. The first-order valence-electron chi connectivity index (χ1n) is 12.3. The van der Waals surface area contributed by atoms with Gasteiger partial charge in [-0.3, -0.25) is 10.00 Å². The number of allylic oxidation sites excluding steroid dienone is 1. The molecule has 10 heteroatoms. The maximum atomic E-state index is 6.41. The largest absolute Gasteiger partial charge is 0.394 e. The first-order valence-corrected chi connectivity index (χ1v) is 12.7. The van der Waals surface area contributed by atoms with Crippen molar-refractivity contribution >= 4 is 34.7 Å². The summed E-state index contributed by atoms with van der Waals surface area (Å²) in [7, 11) is 0. The minimum atomic E-state index is -0.233. The van der Waals surface area contributed by atoms with Crippen LogP contribution in [-0.2, 0) is 9.57 Å². The molecule has 9 nitrogen and oxygen atoms in total. The number of aliphatic imine (C=N–C) groups is 1. The lowest BCUT2D eigenvalue weighted by atomic mass is 10.0. The second-order valence-electron chi connectivity index (χ2n) is 8.94. The number of aromatic amines is 1. The summed E-state index contributed by atoms with van der Waals surface area (Å²) in [6.07, 6.45) is 1.57. The molecule has 2 heterocycles. The van der Waals surface area contributed by atoms with Gasteiger partial charge in [0.15, 0.2) is 5.82 Å². The van der Waals surface area contributed by atoms with E-state index >= 15 is 0 Å². The van der Waals surface area contributed by atoms with Gasteiger partial charge in [-0.2, -0.15) is 5.10 Å². The molecular weight excluding hydrogens is 478 g/mol. The Labute approximate surface area is 219 Å².